The van der Waals surface area contributed by atoms with E-state index in [0.717, 1.165) is 29.0 Å². The van der Waals surface area contributed by atoms with Gasteiger partial charge >= 0.3 is 11.9 Å². The van der Waals surface area contributed by atoms with Gasteiger partial charge in [0.1, 0.15) is 22.8 Å². The number of aromatic nitrogens is 1. The fraction of sp³-hybridized carbons (Fsp3) is 0.167. The summed E-state index contributed by atoms with van der Waals surface area (Å²) in [5, 5.41) is 0. The van der Waals surface area contributed by atoms with E-state index in [1.165, 1.54) is 6.92 Å². The Morgan fingerprint density at radius 3 is 2.24 bits per heavy atom. The van der Waals surface area contributed by atoms with Gasteiger partial charge in [-0.2, -0.15) is 13.2 Å². The van der Waals surface area contributed by atoms with Crippen molar-refractivity contribution in [1.82, 2.24) is 4.57 Å². The fourth-order valence-electron chi connectivity index (χ4n) is 2.85. The molecule has 0 N–H and O–H groups in total. The first-order valence-electron chi connectivity index (χ1n) is 7.89. The number of hydrogen-bond acceptors (Lipinski definition) is 4. The van der Waals surface area contributed by atoms with Gasteiger partial charge in [0.25, 0.3) is 0 Å². The van der Waals surface area contributed by atoms with Gasteiger partial charge in [0.05, 0.1) is 16.9 Å². The Bertz CT molecular complexity index is 1270. The van der Waals surface area contributed by atoms with Gasteiger partial charge in [-0.15, -0.1) is 0 Å². The summed E-state index contributed by atoms with van der Waals surface area (Å²) in [6, 6.07) is 3.80. The molecule has 11 heteroatoms. The molecule has 1 aromatic heterocycles. The molecular weight excluding hydrogens is 421 g/mol. The molecular formula is C18H12F5NO4S. The Morgan fingerprint density at radius 1 is 1.03 bits per heavy atom. The van der Waals surface area contributed by atoms with Gasteiger partial charge in [-0.25, -0.2) is 26.6 Å². The van der Waals surface area contributed by atoms with Crippen LogP contribution in [-0.4, -0.2) is 19.2 Å². The summed E-state index contributed by atoms with van der Waals surface area (Å²) in [5.74, 6) is -3.47. The first-order valence-corrected chi connectivity index (χ1v) is 9.78. The number of aryl methyl sites for hydroxylation is 1. The summed E-state index contributed by atoms with van der Waals surface area (Å²) in [4.78, 5) is 11.2. The van der Waals surface area contributed by atoms with E-state index in [1.54, 1.807) is 0 Å². The molecule has 0 unspecified atom stereocenters. The molecule has 0 amide bonds. The number of rotatable bonds is 3. The molecule has 0 radical (unpaired) electrons. The van der Waals surface area contributed by atoms with Crippen LogP contribution in [0.2, 0.25) is 0 Å². The van der Waals surface area contributed by atoms with Gasteiger partial charge in [-0.1, -0.05) is 0 Å². The molecule has 0 fully saturated rings. The van der Waals surface area contributed by atoms with Crippen molar-refractivity contribution in [1.29, 1.82) is 0 Å². The first-order chi connectivity index (χ1) is 13.3. The molecule has 0 saturated heterocycles. The van der Waals surface area contributed by atoms with E-state index in [0.29, 0.717) is 18.4 Å². The minimum atomic E-state index is -4.61. The molecule has 0 aliphatic heterocycles. The Hall–Kier alpha value is -2.95. The van der Waals surface area contributed by atoms with E-state index in [4.69, 9.17) is 4.42 Å². The van der Waals surface area contributed by atoms with Gasteiger partial charge in [0.15, 0.2) is 9.84 Å². The van der Waals surface area contributed by atoms with Crippen molar-refractivity contribution in [2.45, 2.75) is 18.0 Å². The topological polar surface area (TPSA) is 69.3 Å². The number of oxazole rings is 1. The number of hydrogen-bond donors (Lipinski definition) is 0. The van der Waals surface area contributed by atoms with Crippen LogP contribution in [0.15, 0.2) is 50.7 Å². The quantitative estimate of drug-likeness (QED) is 0.583. The molecule has 3 aromatic rings. The SMILES string of the molecule is Cc1cc(-n2c(-c3cc(F)c(S(C)(=O)=O)cc3F)coc2=O)ccc1C(F)(F)F. The molecule has 29 heavy (non-hydrogen) atoms. The third-order valence-electron chi connectivity index (χ3n) is 4.17. The minimum Gasteiger partial charge on any atom is -0.415 e. The summed E-state index contributed by atoms with van der Waals surface area (Å²) in [5.41, 5.74) is -2.00. The number of nitrogens with zero attached hydrogens (tertiary/aromatic N) is 1. The first kappa shape index (κ1) is 20.8. The van der Waals surface area contributed by atoms with E-state index in [9.17, 15) is 35.2 Å². The number of sulfone groups is 1. The van der Waals surface area contributed by atoms with Crippen LogP contribution in [0.4, 0.5) is 22.0 Å². The zero-order valence-corrected chi connectivity index (χ0v) is 15.7. The molecule has 154 valence electrons. The van der Waals surface area contributed by atoms with Gasteiger partial charge in [0, 0.05) is 11.8 Å². The van der Waals surface area contributed by atoms with Crippen molar-refractivity contribution in [3.8, 4) is 16.9 Å². The second-order valence-electron chi connectivity index (χ2n) is 6.25. The smallest absolute Gasteiger partial charge is 0.415 e. The monoisotopic (exact) mass is 433 g/mol. The lowest BCUT2D eigenvalue weighted by atomic mass is 10.1. The molecule has 0 spiro atoms. The van der Waals surface area contributed by atoms with E-state index in [1.807, 2.05) is 0 Å². The Labute approximate surface area is 160 Å². The zero-order valence-electron chi connectivity index (χ0n) is 14.8. The van der Waals surface area contributed by atoms with Crippen molar-refractivity contribution in [3.63, 3.8) is 0 Å². The largest absolute Gasteiger partial charge is 0.424 e. The molecule has 1 heterocycles. The molecule has 0 saturated carbocycles. The highest BCUT2D eigenvalue weighted by Crippen LogP contribution is 2.34. The van der Waals surface area contributed by atoms with E-state index < -0.39 is 49.4 Å². The summed E-state index contributed by atoms with van der Waals surface area (Å²) in [6.07, 6.45) is -3.11. The minimum absolute atomic E-state index is 0.0729. The third-order valence-corrected chi connectivity index (χ3v) is 5.28. The molecule has 3 rings (SSSR count). The van der Waals surface area contributed by atoms with Crippen LogP contribution < -0.4 is 5.76 Å². The van der Waals surface area contributed by atoms with E-state index in [-0.39, 0.29) is 16.9 Å². The standard InChI is InChI=1S/C18H12F5NO4S/c1-9-5-10(3-4-12(9)18(21,22)23)24-15(8-28-17(24)25)11-6-14(20)16(7-13(11)19)29(2,26)27/h3-8H,1-2H3. The lowest BCUT2D eigenvalue weighted by Gasteiger charge is -2.13. The third kappa shape index (κ3) is 3.82. The normalized spacial score (nSPS) is 12.4. The predicted octanol–water partition coefficient (Wildman–Crippen LogP) is 4.11. The molecule has 5 nitrogen and oxygen atoms in total. The summed E-state index contributed by atoms with van der Waals surface area (Å²) < 4.78 is 96.1. The number of halogens is 5. The van der Waals surface area contributed by atoms with Crippen LogP contribution in [0.5, 0.6) is 0 Å². The van der Waals surface area contributed by atoms with E-state index >= 15 is 0 Å². The highest BCUT2D eigenvalue weighted by molar-refractivity contribution is 7.90. The van der Waals surface area contributed by atoms with Crippen molar-refractivity contribution >= 4 is 9.84 Å². The van der Waals surface area contributed by atoms with Crippen molar-refractivity contribution in [2.75, 3.05) is 6.26 Å². The maximum absolute atomic E-state index is 14.5. The number of benzene rings is 2. The van der Waals surface area contributed by atoms with Crippen LogP contribution in [0.1, 0.15) is 11.1 Å². The molecule has 0 atom stereocenters. The summed E-state index contributed by atoms with van der Waals surface area (Å²) in [7, 11) is -4.05. The Morgan fingerprint density at radius 2 is 1.69 bits per heavy atom. The van der Waals surface area contributed by atoms with Crippen LogP contribution in [-0.2, 0) is 16.0 Å². The average Bonchev–Trinajstić information content (AvgIpc) is 2.95. The average molecular weight is 433 g/mol. The molecule has 0 aliphatic rings. The second-order valence-corrected chi connectivity index (χ2v) is 8.24. The number of alkyl halides is 3. The van der Waals surface area contributed by atoms with Crippen molar-refractivity contribution < 1.29 is 34.8 Å². The maximum Gasteiger partial charge on any atom is 0.424 e. The molecule has 2 aromatic carbocycles. The van der Waals surface area contributed by atoms with Crippen LogP contribution in [0.25, 0.3) is 16.9 Å². The Kier molecular flexibility index (Phi) is 4.89. The lowest BCUT2D eigenvalue weighted by Crippen LogP contribution is -2.15. The second kappa shape index (κ2) is 6.83. The van der Waals surface area contributed by atoms with Crippen LogP contribution in [0, 0.1) is 18.6 Å². The van der Waals surface area contributed by atoms with Crippen molar-refractivity contribution in [2.24, 2.45) is 0 Å². The van der Waals surface area contributed by atoms with Gasteiger partial charge in [-0.05, 0) is 42.8 Å². The fourth-order valence-corrected chi connectivity index (χ4v) is 3.58. The highest BCUT2D eigenvalue weighted by Gasteiger charge is 2.32. The Balaban J connectivity index is 2.22. The summed E-state index contributed by atoms with van der Waals surface area (Å²) in [6.45, 7) is 1.18. The lowest BCUT2D eigenvalue weighted by molar-refractivity contribution is -0.138. The van der Waals surface area contributed by atoms with Gasteiger partial charge in [-0.3, -0.25) is 0 Å². The predicted molar refractivity (Wildman–Crippen MR) is 92.5 cm³/mol. The molecule has 0 aliphatic carbocycles. The highest BCUT2D eigenvalue weighted by atomic mass is 32.2. The summed E-state index contributed by atoms with van der Waals surface area (Å²) >= 11 is 0. The van der Waals surface area contributed by atoms with Crippen LogP contribution in [0.3, 0.4) is 0 Å². The van der Waals surface area contributed by atoms with Crippen LogP contribution >= 0.6 is 0 Å². The van der Waals surface area contributed by atoms with E-state index in [2.05, 4.69) is 0 Å². The van der Waals surface area contributed by atoms with Gasteiger partial charge < -0.3 is 4.42 Å². The molecule has 0 bridgehead atoms. The van der Waals surface area contributed by atoms with Crippen molar-refractivity contribution in [3.05, 3.63) is 69.9 Å². The van der Waals surface area contributed by atoms with Gasteiger partial charge in [0.2, 0.25) is 0 Å². The maximum atomic E-state index is 14.5. The zero-order chi connectivity index (χ0) is 21.7.